The van der Waals surface area contributed by atoms with Gasteiger partial charge in [-0.1, -0.05) is 23.7 Å². The minimum absolute atomic E-state index is 0.0520. The lowest BCUT2D eigenvalue weighted by Gasteiger charge is -2.12. The zero-order valence-corrected chi connectivity index (χ0v) is 13.0. The molecule has 0 saturated heterocycles. The number of halogens is 2. The van der Waals surface area contributed by atoms with E-state index in [0.29, 0.717) is 0 Å². The molecule has 0 aromatic heterocycles. The summed E-state index contributed by atoms with van der Waals surface area (Å²) in [5.41, 5.74) is 0.180. The fourth-order valence-corrected chi connectivity index (χ4v) is 3.10. The van der Waals surface area contributed by atoms with Gasteiger partial charge in [0, 0.05) is 12.1 Å². The number of para-hydroxylation sites is 1. The first-order valence-electron chi connectivity index (χ1n) is 6.14. The molecular formula is C14H12ClFN2O3S. The maximum absolute atomic E-state index is 13.8. The van der Waals surface area contributed by atoms with Crippen molar-refractivity contribution < 1.29 is 17.6 Å². The summed E-state index contributed by atoms with van der Waals surface area (Å²) in [5, 5.41) is 2.49. The van der Waals surface area contributed by atoms with Gasteiger partial charge in [-0.15, -0.1) is 0 Å². The Labute approximate surface area is 132 Å². The highest BCUT2D eigenvalue weighted by Gasteiger charge is 2.21. The number of anilines is 1. The summed E-state index contributed by atoms with van der Waals surface area (Å²) in [6.45, 7) is 0. The van der Waals surface area contributed by atoms with Crippen molar-refractivity contribution >= 4 is 33.2 Å². The van der Waals surface area contributed by atoms with E-state index in [1.165, 1.54) is 25.2 Å². The van der Waals surface area contributed by atoms with Crippen molar-refractivity contribution in [1.82, 2.24) is 5.32 Å². The number of benzene rings is 2. The molecule has 0 atom stereocenters. The molecule has 1 amide bonds. The molecule has 0 unspecified atom stereocenters. The lowest BCUT2D eigenvalue weighted by molar-refractivity contribution is 0.0964. The third-order valence-corrected chi connectivity index (χ3v) is 4.46. The smallest absolute Gasteiger partial charge is 0.264 e. The van der Waals surface area contributed by atoms with Crippen LogP contribution in [0.15, 0.2) is 47.4 Å². The second-order valence-electron chi connectivity index (χ2n) is 4.30. The Kier molecular flexibility index (Phi) is 4.68. The third-order valence-electron chi connectivity index (χ3n) is 2.83. The van der Waals surface area contributed by atoms with Crippen molar-refractivity contribution in [3.8, 4) is 0 Å². The van der Waals surface area contributed by atoms with Crippen LogP contribution in [-0.4, -0.2) is 21.4 Å². The fraction of sp³-hybridized carbons (Fsp3) is 0.0714. The summed E-state index contributed by atoms with van der Waals surface area (Å²) in [7, 11) is -2.77. The van der Waals surface area contributed by atoms with Gasteiger partial charge in [-0.25, -0.2) is 12.8 Å². The molecule has 0 heterocycles. The maximum atomic E-state index is 13.8. The molecule has 0 bridgehead atoms. The number of nitrogens with one attached hydrogen (secondary N) is 2. The van der Waals surface area contributed by atoms with Crippen molar-refractivity contribution in [2.45, 2.75) is 4.90 Å². The quantitative estimate of drug-likeness (QED) is 0.897. The third kappa shape index (κ3) is 3.37. The van der Waals surface area contributed by atoms with Crippen LogP contribution in [0.3, 0.4) is 0 Å². The number of carbonyl (C=O) groups excluding carboxylic acids is 1. The van der Waals surface area contributed by atoms with Gasteiger partial charge in [-0.2, -0.15) is 0 Å². The molecule has 2 aromatic rings. The number of carbonyl (C=O) groups is 1. The van der Waals surface area contributed by atoms with Crippen molar-refractivity contribution in [2.75, 3.05) is 11.8 Å². The molecule has 0 aliphatic carbocycles. The molecule has 0 fully saturated rings. The Hall–Kier alpha value is -2.12. The molecule has 2 rings (SSSR count). The predicted molar refractivity (Wildman–Crippen MR) is 82.1 cm³/mol. The molecule has 116 valence electrons. The zero-order chi connectivity index (χ0) is 16.3. The molecule has 0 aliphatic rings. The van der Waals surface area contributed by atoms with E-state index in [1.807, 2.05) is 0 Å². The second-order valence-corrected chi connectivity index (χ2v) is 6.39. The highest BCUT2D eigenvalue weighted by atomic mass is 35.5. The van der Waals surface area contributed by atoms with Gasteiger partial charge in [-0.05, 0) is 30.3 Å². The van der Waals surface area contributed by atoms with Gasteiger partial charge in [0.1, 0.15) is 10.7 Å². The molecule has 2 N–H and O–H groups in total. The largest absolute Gasteiger partial charge is 0.355 e. The van der Waals surface area contributed by atoms with Gasteiger partial charge in [0.25, 0.3) is 15.9 Å². The van der Waals surface area contributed by atoms with Crippen molar-refractivity contribution in [3.05, 3.63) is 58.9 Å². The topological polar surface area (TPSA) is 75.3 Å². The Morgan fingerprint density at radius 3 is 2.50 bits per heavy atom. The highest BCUT2D eigenvalue weighted by molar-refractivity contribution is 7.92. The number of rotatable bonds is 4. The fourth-order valence-electron chi connectivity index (χ4n) is 1.80. The summed E-state index contributed by atoms with van der Waals surface area (Å²) in [6.07, 6.45) is 0. The molecule has 2 aromatic carbocycles. The lowest BCUT2D eigenvalue weighted by atomic mass is 10.2. The van der Waals surface area contributed by atoms with Crippen LogP contribution in [0.1, 0.15) is 10.4 Å². The highest BCUT2D eigenvalue weighted by Crippen LogP contribution is 2.23. The minimum atomic E-state index is -4.19. The van der Waals surface area contributed by atoms with E-state index in [1.54, 1.807) is 12.1 Å². The molecule has 0 spiro atoms. The van der Waals surface area contributed by atoms with Crippen LogP contribution in [0.2, 0.25) is 5.02 Å². The van der Waals surface area contributed by atoms with Gasteiger partial charge in [0.15, 0.2) is 0 Å². The Morgan fingerprint density at radius 2 is 1.86 bits per heavy atom. The van der Waals surface area contributed by atoms with Gasteiger partial charge in [0.2, 0.25) is 0 Å². The van der Waals surface area contributed by atoms with Gasteiger partial charge in [-0.3, -0.25) is 9.52 Å². The number of hydrogen-bond donors (Lipinski definition) is 2. The number of hydrogen-bond acceptors (Lipinski definition) is 3. The first-order valence-corrected chi connectivity index (χ1v) is 8.00. The molecular weight excluding hydrogens is 331 g/mol. The van der Waals surface area contributed by atoms with E-state index in [9.17, 15) is 17.6 Å². The van der Waals surface area contributed by atoms with Crippen molar-refractivity contribution in [3.63, 3.8) is 0 Å². The normalized spacial score (nSPS) is 11.0. The summed E-state index contributed by atoms with van der Waals surface area (Å²) >= 11 is 5.60. The van der Waals surface area contributed by atoms with Crippen LogP contribution in [0, 0.1) is 5.82 Å². The monoisotopic (exact) mass is 342 g/mol. The molecule has 5 nitrogen and oxygen atoms in total. The predicted octanol–water partition coefficient (Wildman–Crippen LogP) is 2.64. The van der Waals surface area contributed by atoms with E-state index < -0.39 is 26.6 Å². The Balaban J connectivity index is 2.44. The van der Waals surface area contributed by atoms with E-state index >= 15 is 0 Å². The van der Waals surface area contributed by atoms with Crippen LogP contribution in [-0.2, 0) is 10.0 Å². The summed E-state index contributed by atoms with van der Waals surface area (Å²) < 4.78 is 40.5. The molecule has 0 saturated carbocycles. The number of amides is 1. The summed E-state index contributed by atoms with van der Waals surface area (Å²) in [4.78, 5) is 11.2. The van der Waals surface area contributed by atoms with Gasteiger partial charge >= 0.3 is 0 Å². The van der Waals surface area contributed by atoms with Crippen LogP contribution < -0.4 is 10.0 Å². The lowest BCUT2D eigenvalue weighted by Crippen LogP contribution is -2.22. The van der Waals surface area contributed by atoms with E-state index in [2.05, 4.69) is 10.0 Å². The molecule has 0 radical (unpaired) electrons. The standard InChI is InChI=1S/C14H12ClFN2O3S/c1-17-14(19)10-4-2-3-5-12(10)18-22(20,21)13-7-6-9(15)8-11(13)16/h2-8,18H,1H3,(H,17,19). The summed E-state index contributed by atoms with van der Waals surface area (Å²) in [6, 6.07) is 9.24. The van der Waals surface area contributed by atoms with Crippen LogP contribution in [0.4, 0.5) is 10.1 Å². The van der Waals surface area contributed by atoms with Gasteiger partial charge < -0.3 is 5.32 Å². The van der Waals surface area contributed by atoms with Crippen molar-refractivity contribution in [1.29, 1.82) is 0 Å². The van der Waals surface area contributed by atoms with Gasteiger partial charge in [0.05, 0.1) is 11.3 Å². The van der Waals surface area contributed by atoms with E-state index in [-0.39, 0.29) is 16.3 Å². The summed E-state index contributed by atoms with van der Waals surface area (Å²) in [5.74, 6) is -1.44. The molecule has 0 aliphatic heterocycles. The average molecular weight is 343 g/mol. The SMILES string of the molecule is CNC(=O)c1ccccc1NS(=O)(=O)c1ccc(Cl)cc1F. The average Bonchev–Trinajstić information content (AvgIpc) is 2.46. The number of sulfonamides is 1. The van der Waals surface area contributed by atoms with E-state index in [0.717, 1.165) is 12.1 Å². The zero-order valence-electron chi connectivity index (χ0n) is 11.4. The Bertz CT molecular complexity index is 825. The van der Waals surface area contributed by atoms with Crippen LogP contribution in [0.25, 0.3) is 0 Å². The Morgan fingerprint density at radius 1 is 1.18 bits per heavy atom. The maximum Gasteiger partial charge on any atom is 0.264 e. The van der Waals surface area contributed by atoms with Crippen molar-refractivity contribution in [2.24, 2.45) is 0 Å². The first kappa shape index (κ1) is 16.3. The van der Waals surface area contributed by atoms with E-state index in [4.69, 9.17) is 11.6 Å². The van der Waals surface area contributed by atoms with Crippen LogP contribution in [0.5, 0.6) is 0 Å². The molecule has 8 heteroatoms. The second kappa shape index (κ2) is 6.33. The minimum Gasteiger partial charge on any atom is -0.355 e. The molecule has 22 heavy (non-hydrogen) atoms. The first-order chi connectivity index (χ1) is 10.3. The van der Waals surface area contributed by atoms with Crippen LogP contribution >= 0.6 is 11.6 Å².